The average molecular weight is 312 g/mol. The molecule has 0 aromatic heterocycles. The molecule has 3 N–H and O–H groups in total. The van der Waals surface area contributed by atoms with E-state index in [9.17, 15) is 4.79 Å². The van der Waals surface area contributed by atoms with Crippen molar-refractivity contribution in [3.05, 3.63) is 53.6 Å². The quantitative estimate of drug-likeness (QED) is 0.793. The number of carbonyl (C=O) groups is 1. The maximum atomic E-state index is 12.2. The summed E-state index contributed by atoms with van der Waals surface area (Å²) in [6.07, 6.45) is 1.45. The van der Waals surface area contributed by atoms with Gasteiger partial charge in [0.1, 0.15) is 5.75 Å². The number of rotatable bonds is 6. The molecule has 0 aliphatic heterocycles. The molecule has 23 heavy (non-hydrogen) atoms. The highest BCUT2D eigenvalue weighted by Crippen LogP contribution is 2.25. The lowest BCUT2D eigenvalue weighted by Gasteiger charge is -2.13. The Hall–Kier alpha value is -2.49. The van der Waals surface area contributed by atoms with Gasteiger partial charge < -0.3 is 15.8 Å². The number of hydrogen-bond acceptors (Lipinski definition) is 3. The van der Waals surface area contributed by atoms with Crippen molar-refractivity contribution in [1.82, 2.24) is 0 Å². The SMILES string of the molecule is CCc1ccc(C(C)CC(=O)Nc2ccc(OC)c(N)c2)cc1. The monoisotopic (exact) mass is 312 g/mol. The molecule has 2 aromatic carbocycles. The van der Waals surface area contributed by atoms with Gasteiger partial charge in [-0.05, 0) is 41.7 Å². The fourth-order valence-electron chi connectivity index (χ4n) is 2.50. The fraction of sp³-hybridized carbons (Fsp3) is 0.316. The fourth-order valence-corrected chi connectivity index (χ4v) is 2.50. The molecule has 0 heterocycles. The van der Waals surface area contributed by atoms with Gasteiger partial charge in [0.25, 0.3) is 0 Å². The predicted molar refractivity (Wildman–Crippen MR) is 94.9 cm³/mol. The summed E-state index contributed by atoms with van der Waals surface area (Å²) in [5, 5.41) is 2.88. The molecular formula is C19H24N2O2. The van der Waals surface area contributed by atoms with Gasteiger partial charge >= 0.3 is 0 Å². The van der Waals surface area contributed by atoms with Crippen LogP contribution in [0, 0.1) is 0 Å². The second kappa shape index (κ2) is 7.68. The van der Waals surface area contributed by atoms with Gasteiger partial charge in [0.05, 0.1) is 12.8 Å². The first-order valence-corrected chi connectivity index (χ1v) is 7.85. The van der Waals surface area contributed by atoms with Gasteiger partial charge in [0.2, 0.25) is 5.91 Å². The minimum Gasteiger partial charge on any atom is -0.495 e. The van der Waals surface area contributed by atoms with Crippen molar-refractivity contribution in [2.24, 2.45) is 0 Å². The highest BCUT2D eigenvalue weighted by atomic mass is 16.5. The lowest BCUT2D eigenvalue weighted by atomic mass is 9.96. The molecule has 0 spiro atoms. The smallest absolute Gasteiger partial charge is 0.224 e. The van der Waals surface area contributed by atoms with Crippen LogP contribution in [-0.4, -0.2) is 13.0 Å². The predicted octanol–water partition coefficient (Wildman–Crippen LogP) is 3.97. The van der Waals surface area contributed by atoms with Crippen molar-refractivity contribution in [2.75, 3.05) is 18.2 Å². The molecule has 0 radical (unpaired) electrons. The molecule has 2 rings (SSSR count). The van der Waals surface area contributed by atoms with Crippen molar-refractivity contribution < 1.29 is 9.53 Å². The number of nitrogen functional groups attached to an aromatic ring is 1. The molecule has 4 heteroatoms. The van der Waals surface area contributed by atoms with Gasteiger partial charge in [-0.15, -0.1) is 0 Å². The van der Waals surface area contributed by atoms with Crippen LogP contribution in [0.3, 0.4) is 0 Å². The zero-order valence-corrected chi connectivity index (χ0v) is 13.9. The maximum Gasteiger partial charge on any atom is 0.224 e. The zero-order valence-electron chi connectivity index (χ0n) is 13.9. The number of aryl methyl sites for hydroxylation is 1. The summed E-state index contributed by atoms with van der Waals surface area (Å²) in [5.74, 6) is 0.741. The van der Waals surface area contributed by atoms with Gasteiger partial charge in [-0.25, -0.2) is 0 Å². The Bertz CT molecular complexity index is 666. The van der Waals surface area contributed by atoms with E-state index in [0.29, 0.717) is 23.5 Å². The Labute approximate surface area is 137 Å². The van der Waals surface area contributed by atoms with Crippen LogP contribution in [-0.2, 0) is 11.2 Å². The highest BCUT2D eigenvalue weighted by molar-refractivity contribution is 5.92. The number of methoxy groups -OCH3 is 1. The molecule has 0 fully saturated rings. The third-order valence-corrected chi connectivity index (χ3v) is 3.96. The van der Waals surface area contributed by atoms with E-state index in [4.69, 9.17) is 10.5 Å². The van der Waals surface area contributed by atoms with E-state index in [-0.39, 0.29) is 11.8 Å². The lowest BCUT2D eigenvalue weighted by Crippen LogP contribution is -2.14. The standard InChI is InChI=1S/C19H24N2O2/c1-4-14-5-7-15(8-6-14)13(2)11-19(22)21-16-9-10-18(23-3)17(20)12-16/h5-10,12-13H,4,11,20H2,1-3H3,(H,21,22). The molecule has 0 aliphatic rings. The number of nitrogens with one attached hydrogen (secondary N) is 1. The Morgan fingerprint density at radius 1 is 1.22 bits per heavy atom. The molecule has 0 aliphatic carbocycles. The minimum atomic E-state index is -0.0263. The second-order valence-electron chi connectivity index (χ2n) is 5.71. The van der Waals surface area contributed by atoms with Crippen LogP contribution in [0.15, 0.2) is 42.5 Å². The molecule has 2 aromatic rings. The number of ether oxygens (including phenoxy) is 1. The summed E-state index contributed by atoms with van der Waals surface area (Å²) >= 11 is 0. The van der Waals surface area contributed by atoms with Crippen molar-refractivity contribution in [2.45, 2.75) is 32.6 Å². The molecule has 1 atom stereocenters. The number of carbonyl (C=O) groups excluding carboxylic acids is 1. The molecule has 0 saturated heterocycles. The number of amides is 1. The normalized spacial score (nSPS) is 11.8. The van der Waals surface area contributed by atoms with E-state index in [1.54, 1.807) is 25.3 Å². The van der Waals surface area contributed by atoms with E-state index >= 15 is 0 Å². The van der Waals surface area contributed by atoms with Crippen LogP contribution in [0.1, 0.15) is 37.3 Å². The third-order valence-electron chi connectivity index (χ3n) is 3.96. The van der Waals surface area contributed by atoms with Crippen molar-refractivity contribution in [3.8, 4) is 5.75 Å². The van der Waals surface area contributed by atoms with Crippen LogP contribution in [0.25, 0.3) is 0 Å². The van der Waals surface area contributed by atoms with Crippen LogP contribution in [0.5, 0.6) is 5.75 Å². The van der Waals surface area contributed by atoms with Crippen LogP contribution in [0.4, 0.5) is 11.4 Å². The second-order valence-corrected chi connectivity index (χ2v) is 5.71. The van der Waals surface area contributed by atoms with Crippen molar-refractivity contribution in [3.63, 3.8) is 0 Å². The summed E-state index contributed by atoms with van der Waals surface area (Å²) in [6, 6.07) is 13.7. The number of anilines is 2. The van der Waals surface area contributed by atoms with E-state index in [0.717, 1.165) is 6.42 Å². The van der Waals surface area contributed by atoms with Gasteiger partial charge in [0, 0.05) is 12.1 Å². The van der Waals surface area contributed by atoms with Gasteiger partial charge in [0.15, 0.2) is 0 Å². The number of nitrogens with two attached hydrogens (primary N) is 1. The number of benzene rings is 2. The number of hydrogen-bond donors (Lipinski definition) is 2. The molecule has 1 unspecified atom stereocenters. The minimum absolute atomic E-state index is 0.0263. The molecule has 4 nitrogen and oxygen atoms in total. The molecule has 1 amide bonds. The van der Waals surface area contributed by atoms with Crippen LogP contribution < -0.4 is 15.8 Å². The largest absolute Gasteiger partial charge is 0.495 e. The molecule has 0 bridgehead atoms. The first-order chi connectivity index (χ1) is 11.0. The summed E-state index contributed by atoms with van der Waals surface area (Å²) in [7, 11) is 1.56. The van der Waals surface area contributed by atoms with Crippen LogP contribution in [0.2, 0.25) is 0 Å². The Balaban J connectivity index is 1.96. The zero-order chi connectivity index (χ0) is 16.8. The Kier molecular flexibility index (Phi) is 5.63. The van der Waals surface area contributed by atoms with E-state index in [1.807, 2.05) is 0 Å². The van der Waals surface area contributed by atoms with Crippen molar-refractivity contribution >= 4 is 17.3 Å². The summed E-state index contributed by atoms with van der Waals surface area (Å²) < 4.78 is 5.11. The third kappa shape index (κ3) is 4.49. The van der Waals surface area contributed by atoms with Crippen LogP contribution >= 0.6 is 0 Å². The Morgan fingerprint density at radius 3 is 2.48 bits per heavy atom. The highest BCUT2D eigenvalue weighted by Gasteiger charge is 2.12. The molecular weight excluding hydrogens is 288 g/mol. The summed E-state index contributed by atoms with van der Waals surface area (Å²) in [4.78, 5) is 12.2. The first-order valence-electron chi connectivity index (χ1n) is 7.85. The average Bonchev–Trinajstić information content (AvgIpc) is 2.55. The topological polar surface area (TPSA) is 64.3 Å². The first kappa shape index (κ1) is 16.9. The molecule has 122 valence electrons. The Morgan fingerprint density at radius 2 is 1.91 bits per heavy atom. The van der Waals surface area contributed by atoms with Gasteiger partial charge in [-0.3, -0.25) is 4.79 Å². The van der Waals surface area contributed by atoms with Gasteiger partial charge in [-0.1, -0.05) is 38.1 Å². The van der Waals surface area contributed by atoms with Crippen molar-refractivity contribution in [1.29, 1.82) is 0 Å². The maximum absolute atomic E-state index is 12.2. The van der Waals surface area contributed by atoms with E-state index in [2.05, 4.69) is 43.4 Å². The van der Waals surface area contributed by atoms with E-state index in [1.165, 1.54) is 11.1 Å². The van der Waals surface area contributed by atoms with Gasteiger partial charge in [-0.2, -0.15) is 0 Å². The summed E-state index contributed by atoms with van der Waals surface area (Å²) in [6.45, 7) is 4.19. The lowest BCUT2D eigenvalue weighted by molar-refractivity contribution is -0.116. The van der Waals surface area contributed by atoms with E-state index < -0.39 is 0 Å². The summed E-state index contributed by atoms with van der Waals surface area (Å²) in [5.41, 5.74) is 9.52. The molecule has 0 saturated carbocycles.